The van der Waals surface area contributed by atoms with E-state index in [9.17, 15) is 13.2 Å². The molecule has 0 aliphatic carbocycles. The smallest absolute Gasteiger partial charge is 0.393 e. The topological polar surface area (TPSA) is 29.3 Å². The van der Waals surface area contributed by atoms with Crippen LogP contribution in [0.4, 0.5) is 13.2 Å². The Morgan fingerprint density at radius 2 is 2.06 bits per heavy atom. The van der Waals surface area contributed by atoms with Gasteiger partial charge in [0.2, 0.25) is 0 Å². The number of hydrogen-bond acceptors (Lipinski definition) is 2. The van der Waals surface area contributed by atoms with Crippen molar-refractivity contribution in [3.8, 4) is 0 Å². The van der Waals surface area contributed by atoms with Crippen LogP contribution in [0, 0.1) is 17.8 Å². The molecule has 0 aromatic rings. The first-order valence-electron chi connectivity index (χ1n) is 5.80. The van der Waals surface area contributed by atoms with Gasteiger partial charge in [0, 0.05) is 13.1 Å². The van der Waals surface area contributed by atoms with E-state index in [1.165, 1.54) is 0 Å². The highest BCUT2D eigenvalue weighted by atomic mass is 32.1. The van der Waals surface area contributed by atoms with Crippen molar-refractivity contribution in [1.29, 1.82) is 0 Å². The molecule has 2 unspecified atom stereocenters. The second-order valence-corrected chi connectivity index (χ2v) is 5.52. The average molecular weight is 268 g/mol. The molecule has 17 heavy (non-hydrogen) atoms. The number of nitrogens with zero attached hydrogens (tertiary/aromatic N) is 1. The molecule has 1 aliphatic heterocycles. The number of alkyl halides is 3. The predicted molar refractivity (Wildman–Crippen MR) is 65.7 cm³/mol. The molecular formula is C11H19F3N2S. The molecule has 1 aliphatic rings. The number of halogens is 3. The van der Waals surface area contributed by atoms with Crippen molar-refractivity contribution in [1.82, 2.24) is 4.90 Å². The van der Waals surface area contributed by atoms with E-state index in [1.54, 1.807) is 0 Å². The molecule has 6 heteroatoms. The van der Waals surface area contributed by atoms with Gasteiger partial charge in [-0.05, 0) is 24.8 Å². The predicted octanol–water partition coefficient (Wildman–Crippen LogP) is 2.43. The molecule has 2 N–H and O–H groups in total. The van der Waals surface area contributed by atoms with Gasteiger partial charge in [0.1, 0.15) is 5.92 Å². The first-order chi connectivity index (χ1) is 7.71. The van der Waals surface area contributed by atoms with E-state index < -0.39 is 17.1 Å². The summed E-state index contributed by atoms with van der Waals surface area (Å²) < 4.78 is 38.1. The monoisotopic (exact) mass is 268 g/mol. The van der Waals surface area contributed by atoms with Crippen LogP contribution in [0.3, 0.4) is 0 Å². The molecule has 0 aromatic heterocycles. The van der Waals surface area contributed by atoms with Crippen LogP contribution in [0.5, 0.6) is 0 Å². The van der Waals surface area contributed by atoms with E-state index >= 15 is 0 Å². The van der Waals surface area contributed by atoms with Crippen molar-refractivity contribution in [3.05, 3.63) is 0 Å². The molecule has 1 rings (SSSR count). The summed E-state index contributed by atoms with van der Waals surface area (Å²) in [6.07, 6.45) is -3.37. The highest BCUT2D eigenvalue weighted by Gasteiger charge is 2.43. The highest BCUT2D eigenvalue weighted by Crippen LogP contribution is 2.30. The van der Waals surface area contributed by atoms with E-state index in [2.05, 4.69) is 26.1 Å². The van der Waals surface area contributed by atoms with Crippen LogP contribution in [0.15, 0.2) is 0 Å². The third-order valence-electron chi connectivity index (χ3n) is 3.43. The van der Waals surface area contributed by atoms with Crippen molar-refractivity contribution in [3.63, 3.8) is 0 Å². The van der Waals surface area contributed by atoms with E-state index in [4.69, 9.17) is 5.73 Å². The van der Waals surface area contributed by atoms with Gasteiger partial charge >= 0.3 is 6.18 Å². The summed E-state index contributed by atoms with van der Waals surface area (Å²) in [6.45, 7) is 5.53. The highest BCUT2D eigenvalue weighted by molar-refractivity contribution is 7.80. The zero-order chi connectivity index (χ0) is 13.2. The Bertz CT molecular complexity index is 278. The second kappa shape index (κ2) is 5.52. The van der Waals surface area contributed by atoms with Gasteiger partial charge < -0.3 is 10.6 Å². The zero-order valence-electron chi connectivity index (χ0n) is 10.1. The molecular weight excluding hydrogens is 249 g/mol. The normalized spacial score (nSPS) is 24.2. The Kier molecular flexibility index (Phi) is 4.77. The fraction of sp³-hybridized carbons (Fsp3) is 0.909. The van der Waals surface area contributed by atoms with Crippen molar-refractivity contribution in [2.75, 3.05) is 19.6 Å². The second-order valence-electron chi connectivity index (χ2n) is 5.05. The molecule has 0 radical (unpaired) electrons. The lowest BCUT2D eigenvalue weighted by atomic mass is 9.95. The van der Waals surface area contributed by atoms with Crippen molar-refractivity contribution >= 4 is 17.2 Å². The standard InChI is InChI=1S/C11H19F3N2S/c1-7(2)8-3-4-16(5-8)6-9(10(15)17)11(12,13)14/h7-9H,3-6H2,1-2H3,(H2,15,17). The van der Waals surface area contributed by atoms with Gasteiger partial charge in [-0.2, -0.15) is 13.2 Å². The van der Waals surface area contributed by atoms with Crippen molar-refractivity contribution in [2.24, 2.45) is 23.5 Å². The third-order valence-corrected chi connectivity index (χ3v) is 3.72. The van der Waals surface area contributed by atoms with Crippen LogP contribution in [0.2, 0.25) is 0 Å². The van der Waals surface area contributed by atoms with Gasteiger partial charge in [-0.1, -0.05) is 26.1 Å². The van der Waals surface area contributed by atoms with Crippen LogP contribution in [0.25, 0.3) is 0 Å². The Labute approximate surface area is 105 Å². The molecule has 0 saturated carbocycles. The SMILES string of the molecule is CC(C)C1CCN(CC(C(N)=S)C(F)(F)F)C1. The Hall–Kier alpha value is -0.360. The number of thiocarbonyl (C=S) groups is 1. The Morgan fingerprint density at radius 3 is 2.41 bits per heavy atom. The summed E-state index contributed by atoms with van der Waals surface area (Å²) >= 11 is 4.51. The number of likely N-dealkylation sites (tertiary alicyclic amines) is 1. The maximum atomic E-state index is 12.7. The maximum Gasteiger partial charge on any atom is 0.399 e. The molecule has 0 aromatic carbocycles. The quantitative estimate of drug-likeness (QED) is 0.794. The summed E-state index contributed by atoms with van der Waals surface area (Å²) in [5, 5.41) is 0. The summed E-state index contributed by atoms with van der Waals surface area (Å²) in [7, 11) is 0. The molecule has 1 saturated heterocycles. The van der Waals surface area contributed by atoms with Gasteiger partial charge in [-0.25, -0.2) is 0 Å². The molecule has 0 spiro atoms. The maximum absolute atomic E-state index is 12.7. The van der Waals surface area contributed by atoms with Gasteiger partial charge in [-0.15, -0.1) is 0 Å². The van der Waals surface area contributed by atoms with Gasteiger partial charge in [0.05, 0.1) is 4.99 Å². The summed E-state index contributed by atoms with van der Waals surface area (Å²) in [5.41, 5.74) is 5.18. The van der Waals surface area contributed by atoms with E-state index in [-0.39, 0.29) is 6.54 Å². The fourth-order valence-corrected chi connectivity index (χ4v) is 2.39. The van der Waals surface area contributed by atoms with E-state index in [1.807, 2.05) is 4.90 Å². The molecule has 1 fully saturated rings. The van der Waals surface area contributed by atoms with Crippen LogP contribution >= 0.6 is 12.2 Å². The fourth-order valence-electron chi connectivity index (χ4n) is 2.19. The summed E-state index contributed by atoms with van der Waals surface area (Å²) in [5.74, 6) is -0.687. The van der Waals surface area contributed by atoms with E-state index in [0.717, 1.165) is 6.42 Å². The summed E-state index contributed by atoms with van der Waals surface area (Å²) in [6, 6.07) is 0. The van der Waals surface area contributed by atoms with Crippen LogP contribution in [0.1, 0.15) is 20.3 Å². The molecule has 0 bridgehead atoms. The minimum Gasteiger partial charge on any atom is -0.393 e. The molecule has 2 atom stereocenters. The van der Waals surface area contributed by atoms with Crippen molar-refractivity contribution in [2.45, 2.75) is 26.4 Å². The Morgan fingerprint density at radius 1 is 1.47 bits per heavy atom. The van der Waals surface area contributed by atoms with E-state index in [0.29, 0.717) is 24.9 Å². The lowest BCUT2D eigenvalue weighted by molar-refractivity contribution is -0.158. The van der Waals surface area contributed by atoms with Crippen LogP contribution in [-0.2, 0) is 0 Å². The minimum absolute atomic E-state index is 0.0952. The third kappa shape index (κ3) is 4.10. The average Bonchev–Trinajstić information content (AvgIpc) is 2.59. The molecule has 100 valence electrons. The first-order valence-corrected chi connectivity index (χ1v) is 6.21. The van der Waals surface area contributed by atoms with Gasteiger partial charge in [-0.3, -0.25) is 0 Å². The van der Waals surface area contributed by atoms with Gasteiger partial charge in [0.25, 0.3) is 0 Å². The number of hydrogen-bond donors (Lipinski definition) is 1. The molecule has 1 heterocycles. The van der Waals surface area contributed by atoms with Crippen molar-refractivity contribution < 1.29 is 13.2 Å². The number of nitrogens with two attached hydrogens (primary N) is 1. The lowest BCUT2D eigenvalue weighted by Crippen LogP contribution is -2.43. The molecule has 2 nitrogen and oxygen atoms in total. The zero-order valence-corrected chi connectivity index (χ0v) is 10.9. The molecule has 0 amide bonds. The minimum atomic E-state index is -4.33. The number of rotatable bonds is 4. The first kappa shape index (κ1) is 14.7. The van der Waals surface area contributed by atoms with Crippen LogP contribution < -0.4 is 5.73 Å². The Balaban J connectivity index is 2.56. The summed E-state index contributed by atoms with van der Waals surface area (Å²) in [4.78, 5) is 1.37. The van der Waals surface area contributed by atoms with Crippen LogP contribution in [-0.4, -0.2) is 35.7 Å². The van der Waals surface area contributed by atoms with Gasteiger partial charge in [0.15, 0.2) is 0 Å². The lowest BCUT2D eigenvalue weighted by Gasteiger charge is -2.25. The largest absolute Gasteiger partial charge is 0.399 e.